The second-order valence-electron chi connectivity index (χ2n) is 7.94. The number of hydrogen-bond donors (Lipinski definition) is 1. The van der Waals surface area contributed by atoms with E-state index >= 15 is 0 Å². The summed E-state index contributed by atoms with van der Waals surface area (Å²) in [6.45, 7) is 4.52. The van der Waals surface area contributed by atoms with Crippen LogP contribution >= 0.6 is 0 Å². The van der Waals surface area contributed by atoms with Crippen molar-refractivity contribution >= 4 is 5.91 Å². The second-order valence-corrected chi connectivity index (χ2v) is 7.94. The molecule has 4 heteroatoms. The van der Waals surface area contributed by atoms with Crippen LogP contribution in [-0.4, -0.2) is 22.4 Å². The molecule has 4 aromatic rings. The Balaban J connectivity index is 1.62. The first-order valence-electron chi connectivity index (χ1n) is 10.9. The van der Waals surface area contributed by atoms with Crippen LogP contribution in [0.4, 0.5) is 0 Å². The Morgan fingerprint density at radius 3 is 2.22 bits per heavy atom. The van der Waals surface area contributed by atoms with Gasteiger partial charge < -0.3 is 5.32 Å². The van der Waals surface area contributed by atoms with Crippen molar-refractivity contribution < 1.29 is 4.79 Å². The molecule has 0 atom stereocenters. The van der Waals surface area contributed by atoms with Gasteiger partial charge in [-0.25, -0.2) is 9.97 Å². The van der Waals surface area contributed by atoms with Gasteiger partial charge in [0.1, 0.15) is 0 Å². The van der Waals surface area contributed by atoms with E-state index in [0.717, 1.165) is 29.5 Å². The molecule has 0 aliphatic heterocycles. The van der Waals surface area contributed by atoms with Crippen LogP contribution in [0.25, 0.3) is 22.6 Å². The number of nitrogens with zero attached hydrogens (tertiary/aromatic N) is 2. The van der Waals surface area contributed by atoms with Crippen LogP contribution < -0.4 is 5.32 Å². The predicted octanol–water partition coefficient (Wildman–Crippen LogP) is 5.79. The fourth-order valence-electron chi connectivity index (χ4n) is 3.79. The van der Waals surface area contributed by atoms with Gasteiger partial charge in [0.05, 0.1) is 17.0 Å². The summed E-state index contributed by atoms with van der Waals surface area (Å²) >= 11 is 0. The van der Waals surface area contributed by atoms with E-state index in [0.29, 0.717) is 29.3 Å². The molecule has 0 aliphatic carbocycles. The summed E-state index contributed by atoms with van der Waals surface area (Å²) in [6, 6.07) is 28.3. The lowest BCUT2D eigenvalue weighted by atomic mass is 10.0. The normalized spacial score (nSPS) is 10.7. The molecule has 0 spiro atoms. The lowest BCUT2D eigenvalue weighted by molar-refractivity contribution is 0.0952. The molecule has 0 unspecified atom stereocenters. The van der Waals surface area contributed by atoms with Crippen molar-refractivity contribution in [3.8, 4) is 22.6 Å². The highest BCUT2D eigenvalue weighted by molar-refractivity contribution is 6.01. The Labute approximate surface area is 189 Å². The van der Waals surface area contributed by atoms with Crippen LogP contribution in [0.1, 0.15) is 33.6 Å². The predicted molar refractivity (Wildman–Crippen MR) is 129 cm³/mol. The fraction of sp³-hybridized carbons (Fsp3) is 0.179. The molecule has 0 fully saturated rings. The maximum Gasteiger partial charge on any atom is 0.255 e. The van der Waals surface area contributed by atoms with Gasteiger partial charge in [0.2, 0.25) is 0 Å². The van der Waals surface area contributed by atoms with E-state index < -0.39 is 0 Å². The quantitative estimate of drug-likeness (QED) is 0.384. The summed E-state index contributed by atoms with van der Waals surface area (Å²) in [5, 5.41) is 3.08. The van der Waals surface area contributed by atoms with E-state index in [1.165, 1.54) is 5.56 Å². The van der Waals surface area contributed by atoms with Gasteiger partial charge in [-0.15, -0.1) is 0 Å². The molecule has 1 aromatic heterocycles. The molecule has 160 valence electrons. The number of aromatic nitrogens is 2. The van der Waals surface area contributed by atoms with E-state index in [9.17, 15) is 4.79 Å². The third-order valence-corrected chi connectivity index (χ3v) is 5.41. The first-order valence-corrected chi connectivity index (χ1v) is 10.9. The highest BCUT2D eigenvalue weighted by atomic mass is 16.1. The topological polar surface area (TPSA) is 54.9 Å². The van der Waals surface area contributed by atoms with E-state index in [2.05, 4.69) is 28.5 Å². The van der Waals surface area contributed by atoms with E-state index in [-0.39, 0.29) is 5.91 Å². The number of amides is 1. The molecule has 0 radical (unpaired) electrons. The number of carbonyl (C=O) groups excluding carboxylic acids is 1. The van der Waals surface area contributed by atoms with Gasteiger partial charge in [-0.3, -0.25) is 4.79 Å². The summed E-state index contributed by atoms with van der Waals surface area (Å²) in [7, 11) is 0. The first kappa shape index (κ1) is 21.4. The molecular formula is C28H27N3O. The number of rotatable bonds is 7. The standard InChI is InChI=1S/C28H27N3O/c1-20-11-9-17-24(19-20)26-25(21(2)30-27(31-26)23-15-7-4-8-16-23)28(32)29-18-10-14-22-12-5-3-6-13-22/h3-9,11-13,15-17,19H,10,14,18H2,1-2H3,(H,29,32). The minimum atomic E-state index is -0.133. The molecular weight excluding hydrogens is 394 g/mol. The number of benzene rings is 3. The minimum absolute atomic E-state index is 0.133. The van der Waals surface area contributed by atoms with Gasteiger partial charge in [-0.1, -0.05) is 84.4 Å². The zero-order valence-corrected chi connectivity index (χ0v) is 18.5. The molecule has 1 heterocycles. The average molecular weight is 422 g/mol. The molecule has 0 bridgehead atoms. The van der Waals surface area contributed by atoms with Crippen molar-refractivity contribution in [1.82, 2.24) is 15.3 Å². The maximum atomic E-state index is 13.2. The summed E-state index contributed by atoms with van der Waals surface area (Å²) in [5.74, 6) is 0.493. The highest BCUT2D eigenvalue weighted by Crippen LogP contribution is 2.27. The smallest absolute Gasteiger partial charge is 0.255 e. The Hall–Kier alpha value is -3.79. The zero-order valence-electron chi connectivity index (χ0n) is 18.5. The van der Waals surface area contributed by atoms with Gasteiger partial charge in [0.15, 0.2) is 5.82 Å². The third kappa shape index (κ3) is 5.09. The largest absolute Gasteiger partial charge is 0.352 e. The van der Waals surface area contributed by atoms with Crippen LogP contribution in [0.15, 0.2) is 84.9 Å². The SMILES string of the molecule is Cc1cccc(-c2nc(-c3ccccc3)nc(C)c2C(=O)NCCCc2ccccc2)c1. The average Bonchev–Trinajstić information content (AvgIpc) is 2.82. The highest BCUT2D eigenvalue weighted by Gasteiger charge is 2.20. The molecule has 0 aliphatic rings. The van der Waals surface area contributed by atoms with Crippen LogP contribution in [0, 0.1) is 13.8 Å². The van der Waals surface area contributed by atoms with Crippen molar-refractivity contribution in [2.24, 2.45) is 0 Å². The molecule has 0 saturated carbocycles. The van der Waals surface area contributed by atoms with E-state index in [1.54, 1.807) is 0 Å². The summed E-state index contributed by atoms with van der Waals surface area (Å²) in [5.41, 5.74) is 6.12. The number of carbonyl (C=O) groups is 1. The Morgan fingerprint density at radius 2 is 1.50 bits per heavy atom. The number of nitrogens with one attached hydrogen (secondary N) is 1. The molecule has 1 amide bonds. The summed E-state index contributed by atoms with van der Waals surface area (Å²) < 4.78 is 0. The van der Waals surface area contributed by atoms with Gasteiger partial charge >= 0.3 is 0 Å². The van der Waals surface area contributed by atoms with Crippen LogP contribution in [0.2, 0.25) is 0 Å². The molecule has 4 nitrogen and oxygen atoms in total. The van der Waals surface area contributed by atoms with Crippen LogP contribution in [0.3, 0.4) is 0 Å². The number of aryl methyl sites for hydroxylation is 3. The lowest BCUT2D eigenvalue weighted by Gasteiger charge is -2.14. The monoisotopic (exact) mass is 421 g/mol. The van der Waals surface area contributed by atoms with Gasteiger partial charge in [0, 0.05) is 17.7 Å². The van der Waals surface area contributed by atoms with Crippen molar-refractivity contribution in [3.05, 3.63) is 107 Å². The Kier molecular flexibility index (Phi) is 6.71. The minimum Gasteiger partial charge on any atom is -0.352 e. The molecule has 1 N–H and O–H groups in total. The summed E-state index contributed by atoms with van der Waals surface area (Å²) in [6.07, 6.45) is 1.80. The van der Waals surface area contributed by atoms with Crippen molar-refractivity contribution in [2.45, 2.75) is 26.7 Å². The van der Waals surface area contributed by atoms with Crippen molar-refractivity contribution in [1.29, 1.82) is 0 Å². The first-order chi connectivity index (χ1) is 15.6. The Morgan fingerprint density at radius 1 is 0.812 bits per heavy atom. The molecule has 4 rings (SSSR count). The second kappa shape index (κ2) is 10.0. The van der Waals surface area contributed by atoms with Gasteiger partial charge in [0.25, 0.3) is 5.91 Å². The zero-order chi connectivity index (χ0) is 22.3. The maximum absolute atomic E-state index is 13.2. The molecule has 3 aromatic carbocycles. The fourth-order valence-corrected chi connectivity index (χ4v) is 3.79. The van der Waals surface area contributed by atoms with E-state index in [1.807, 2.05) is 80.6 Å². The van der Waals surface area contributed by atoms with Crippen molar-refractivity contribution in [2.75, 3.05) is 6.54 Å². The Bertz CT molecular complexity index is 1200. The molecule has 0 saturated heterocycles. The molecule has 32 heavy (non-hydrogen) atoms. The number of hydrogen-bond acceptors (Lipinski definition) is 3. The van der Waals surface area contributed by atoms with E-state index in [4.69, 9.17) is 4.98 Å². The third-order valence-electron chi connectivity index (χ3n) is 5.41. The van der Waals surface area contributed by atoms with Crippen LogP contribution in [-0.2, 0) is 6.42 Å². The summed E-state index contributed by atoms with van der Waals surface area (Å²) in [4.78, 5) is 22.7. The van der Waals surface area contributed by atoms with Crippen molar-refractivity contribution in [3.63, 3.8) is 0 Å². The lowest BCUT2D eigenvalue weighted by Crippen LogP contribution is -2.27. The van der Waals surface area contributed by atoms with Crippen LogP contribution in [0.5, 0.6) is 0 Å². The van der Waals surface area contributed by atoms with Gasteiger partial charge in [-0.05, 0) is 38.3 Å². The van der Waals surface area contributed by atoms with Gasteiger partial charge in [-0.2, -0.15) is 0 Å².